The first-order valence-corrected chi connectivity index (χ1v) is 11.4. The van der Waals surface area contributed by atoms with Crippen LogP contribution in [0.3, 0.4) is 0 Å². The van der Waals surface area contributed by atoms with Crippen LogP contribution in [0.1, 0.15) is 34.8 Å². The number of ether oxygens (including phenoxy) is 1. The van der Waals surface area contributed by atoms with Crippen molar-refractivity contribution >= 4 is 5.97 Å². The zero-order chi connectivity index (χ0) is 24.4. The summed E-state index contributed by atoms with van der Waals surface area (Å²) in [5.74, 6) is -0.842. The fraction of sp³-hybridized carbons (Fsp3) is 0.231. The summed E-state index contributed by atoms with van der Waals surface area (Å²) in [5.41, 5.74) is 3.77. The number of hydrogen-bond donors (Lipinski definition) is 2. The molecule has 4 aromatic rings. The second kappa shape index (κ2) is 9.63. The molecular formula is C26H24FN5O3. The number of rotatable bonds is 6. The summed E-state index contributed by atoms with van der Waals surface area (Å²) < 4.78 is 21.6. The lowest BCUT2D eigenvalue weighted by atomic mass is 10.0. The van der Waals surface area contributed by atoms with E-state index in [1.807, 2.05) is 6.33 Å². The zero-order valence-corrected chi connectivity index (χ0v) is 19.1. The summed E-state index contributed by atoms with van der Waals surface area (Å²) in [6.45, 7) is 3.60. The molecule has 0 saturated carbocycles. The van der Waals surface area contributed by atoms with E-state index in [2.05, 4.69) is 24.8 Å². The Morgan fingerprint density at radius 2 is 1.89 bits per heavy atom. The molecule has 5 rings (SSSR count). The van der Waals surface area contributed by atoms with E-state index in [1.54, 1.807) is 43.5 Å². The molecule has 3 heterocycles. The maximum atomic E-state index is 13.6. The van der Waals surface area contributed by atoms with Gasteiger partial charge in [-0.3, -0.25) is 0 Å². The molecule has 0 bridgehead atoms. The van der Waals surface area contributed by atoms with Crippen LogP contribution in [0.4, 0.5) is 4.39 Å². The van der Waals surface area contributed by atoms with Crippen LogP contribution in [-0.2, 0) is 0 Å². The lowest BCUT2D eigenvalue weighted by Gasteiger charge is -2.25. The number of aromatic nitrogens is 4. The van der Waals surface area contributed by atoms with Gasteiger partial charge < -0.3 is 19.7 Å². The van der Waals surface area contributed by atoms with E-state index < -0.39 is 5.97 Å². The van der Waals surface area contributed by atoms with E-state index in [9.17, 15) is 14.3 Å². The summed E-state index contributed by atoms with van der Waals surface area (Å²) in [6, 6.07) is 13.1. The molecule has 0 aliphatic carbocycles. The van der Waals surface area contributed by atoms with Crippen molar-refractivity contribution in [2.24, 2.45) is 0 Å². The molecule has 1 aliphatic heterocycles. The Morgan fingerprint density at radius 1 is 1.11 bits per heavy atom. The van der Waals surface area contributed by atoms with Gasteiger partial charge >= 0.3 is 12.0 Å². The van der Waals surface area contributed by atoms with Crippen molar-refractivity contribution in [2.75, 3.05) is 13.1 Å². The van der Waals surface area contributed by atoms with Crippen LogP contribution in [0.15, 0.2) is 61.1 Å². The highest BCUT2D eigenvalue weighted by molar-refractivity contribution is 5.88. The van der Waals surface area contributed by atoms with Crippen molar-refractivity contribution in [1.82, 2.24) is 24.8 Å². The number of nitrogens with zero attached hydrogens (tertiary/aromatic N) is 4. The first kappa shape index (κ1) is 22.7. The Bertz CT molecular complexity index is 1360. The molecule has 0 amide bonds. The number of hydrogen-bond acceptors (Lipinski definition) is 6. The van der Waals surface area contributed by atoms with Crippen LogP contribution >= 0.6 is 0 Å². The number of carboxylic acid groups (broad SMARTS) is 1. The maximum Gasteiger partial charge on any atom is 0.335 e. The summed E-state index contributed by atoms with van der Waals surface area (Å²) in [7, 11) is 0. The smallest absolute Gasteiger partial charge is 0.335 e. The van der Waals surface area contributed by atoms with E-state index >= 15 is 0 Å². The van der Waals surface area contributed by atoms with Gasteiger partial charge in [0, 0.05) is 17.8 Å². The number of carboxylic acids is 1. The van der Waals surface area contributed by atoms with Crippen LogP contribution < -0.4 is 10.1 Å². The molecule has 9 heteroatoms. The number of aryl methyl sites for hydroxylation is 1. The zero-order valence-electron chi connectivity index (χ0n) is 19.1. The molecule has 1 saturated heterocycles. The highest BCUT2D eigenvalue weighted by Gasteiger charge is 2.24. The van der Waals surface area contributed by atoms with Crippen LogP contribution in [0.2, 0.25) is 0 Å². The minimum atomic E-state index is -1.00. The van der Waals surface area contributed by atoms with Crippen molar-refractivity contribution < 1.29 is 19.0 Å². The molecule has 1 aliphatic rings. The number of aromatic carboxylic acids is 1. The van der Waals surface area contributed by atoms with E-state index in [4.69, 9.17) is 4.74 Å². The summed E-state index contributed by atoms with van der Waals surface area (Å²) in [6.07, 6.45) is 5.35. The molecule has 1 fully saturated rings. The van der Waals surface area contributed by atoms with Gasteiger partial charge in [0.1, 0.15) is 11.6 Å². The van der Waals surface area contributed by atoms with Gasteiger partial charge in [-0.05, 0) is 86.9 Å². The Hall–Kier alpha value is -4.11. The van der Waals surface area contributed by atoms with E-state index in [0.717, 1.165) is 37.2 Å². The lowest BCUT2D eigenvalue weighted by molar-refractivity contribution is 0.0696. The highest BCUT2D eigenvalue weighted by Crippen LogP contribution is 2.35. The van der Waals surface area contributed by atoms with Gasteiger partial charge in [-0.25, -0.2) is 19.2 Å². The minimum absolute atomic E-state index is 0.136. The van der Waals surface area contributed by atoms with Crippen molar-refractivity contribution in [1.29, 1.82) is 0 Å². The highest BCUT2D eigenvalue weighted by atomic mass is 19.1. The number of carbonyl (C=O) groups is 1. The summed E-state index contributed by atoms with van der Waals surface area (Å²) in [5, 5.41) is 12.6. The third-order valence-corrected chi connectivity index (χ3v) is 6.11. The van der Waals surface area contributed by atoms with E-state index in [0.29, 0.717) is 22.7 Å². The molecule has 2 aromatic carbocycles. The number of halogens is 1. The van der Waals surface area contributed by atoms with Crippen LogP contribution in [-0.4, -0.2) is 43.7 Å². The Kier molecular flexibility index (Phi) is 6.24. The molecule has 8 nitrogen and oxygen atoms in total. The predicted octanol–water partition coefficient (Wildman–Crippen LogP) is 4.87. The van der Waals surface area contributed by atoms with Crippen LogP contribution in [0.25, 0.3) is 22.6 Å². The van der Waals surface area contributed by atoms with Crippen molar-refractivity contribution in [3.05, 3.63) is 78.0 Å². The van der Waals surface area contributed by atoms with Gasteiger partial charge in [0.05, 0.1) is 29.0 Å². The fourth-order valence-corrected chi connectivity index (χ4v) is 4.31. The Labute approximate surface area is 201 Å². The van der Waals surface area contributed by atoms with E-state index in [-0.39, 0.29) is 23.4 Å². The third-order valence-electron chi connectivity index (χ3n) is 6.11. The largest absolute Gasteiger partial charge is 0.478 e. The lowest BCUT2D eigenvalue weighted by Crippen LogP contribution is -2.29. The number of nitrogens with one attached hydrogen (secondary N) is 1. The molecule has 0 radical (unpaired) electrons. The summed E-state index contributed by atoms with van der Waals surface area (Å²) in [4.78, 5) is 24.8. The van der Waals surface area contributed by atoms with Gasteiger partial charge in [-0.15, -0.1) is 0 Å². The SMILES string of the molecule is Cc1cc(C(=O)O)ccc1Oc1nccc(-c2c(-c3ccc(F)cc3)ncn2C2CCNCC2)n1. The fourth-order valence-electron chi connectivity index (χ4n) is 4.31. The predicted molar refractivity (Wildman–Crippen MR) is 128 cm³/mol. The standard InChI is InChI=1S/C26H24FN5O3/c1-16-14-18(25(33)34)4-7-22(16)35-26-29-13-10-21(31-26)24-23(17-2-5-19(27)6-3-17)30-15-32(24)20-8-11-28-12-9-20/h2-7,10,13-15,20,28H,8-9,11-12H2,1H3,(H,33,34). The monoisotopic (exact) mass is 473 g/mol. The molecule has 0 spiro atoms. The van der Waals surface area contributed by atoms with Crippen molar-refractivity contribution in [3.8, 4) is 34.4 Å². The first-order chi connectivity index (χ1) is 17.0. The van der Waals surface area contributed by atoms with Gasteiger partial charge in [0.25, 0.3) is 0 Å². The number of benzene rings is 2. The third kappa shape index (κ3) is 4.76. The van der Waals surface area contributed by atoms with Crippen molar-refractivity contribution in [2.45, 2.75) is 25.8 Å². The minimum Gasteiger partial charge on any atom is -0.478 e. The van der Waals surface area contributed by atoms with Crippen molar-refractivity contribution in [3.63, 3.8) is 0 Å². The van der Waals surface area contributed by atoms with Gasteiger partial charge in [-0.2, -0.15) is 4.98 Å². The van der Waals surface area contributed by atoms with Gasteiger partial charge in [-0.1, -0.05) is 0 Å². The Morgan fingerprint density at radius 3 is 2.60 bits per heavy atom. The molecule has 35 heavy (non-hydrogen) atoms. The maximum absolute atomic E-state index is 13.6. The molecular weight excluding hydrogens is 449 g/mol. The average molecular weight is 474 g/mol. The molecule has 0 atom stereocenters. The molecule has 2 N–H and O–H groups in total. The number of imidazole rings is 1. The topological polar surface area (TPSA) is 102 Å². The van der Waals surface area contributed by atoms with Crippen LogP contribution in [0.5, 0.6) is 11.8 Å². The first-order valence-electron chi connectivity index (χ1n) is 11.4. The average Bonchev–Trinajstić information content (AvgIpc) is 3.31. The number of piperidine rings is 1. The second-order valence-electron chi connectivity index (χ2n) is 8.45. The Balaban J connectivity index is 1.55. The molecule has 178 valence electrons. The summed E-state index contributed by atoms with van der Waals surface area (Å²) >= 11 is 0. The molecule has 0 unspecified atom stereocenters. The van der Waals surface area contributed by atoms with Crippen LogP contribution in [0, 0.1) is 12.7 Å². The molecule has 2 aromatic heterocycles. The normalized spacial score (nSPS) is 14.1. The quantitative estimate of drug-likeness (QED) is 0.412. The second-order valence-corrected chi connectivity index (χ2v) is 8.45. The van der Waals surface area contributed by atoms with Gasteiger partial charge in [0.2, 0.25) is 0 Å². The van der Waals surface area contributed by atoms with E-state index in [1.165, 1.54) is 18.2 Å². The van der Waals surface area contributed by atoms with Gasteiger partial charge in [0.15, 0.2) is 0 Å².